The second-order valence-corrected chi connectivity index (χ2v) is 14.7. The van der Waals surface area contributed by atoms with Crippen LogP contribution in [0, 0.1) is 0 Å². The SMILES string of the molecule is C1=c2c(n(-c3cccc(-c4cccc(-c5cccc6c5sc5ccccc56)c4)c3)c3ccccc23)=CCC1n1c2ccccc2c2ccccc21. The molecule has 0 N–H and O–H groups in total. The molecular formula is C48H32N2S. The van der Waals surface area contributed by atoms with Crippen molar-refractivity contribution in [2.45, 2.75) is 12.5 Å². The van der Waals surface area contributed by atoms with Crippen molar-refractivity contribution in [2.24, 2.45) is 0 Å². The highest BCUT2D eigenvalue weighted by molar-refractivity contribution is 7.26. The molecule has 3 heteroatoms. The summed E-state index contributed by atoms with van der Waals surface area (Å²) in [6, 6.07) is 60.4. The number of benzene rings is 7. The van der Waals surface area contributed by atoms with E-state index in [9.17, 15) is 0 Å². The molecule has 0 saturated carbocycles. The molecule has 10 aromatic rings. The molecule has 0 amide bonds. The summed E-state index contributed by atoms with van der Waals surface area (Å²) in [5, 5.41) is 9.17. The van der Waals surface area contributed by atoms with Gasteiger partial charge in [-0.2, -0.15) is 0 Å². The second-order valence-electron chi connectivity index (χ2n) is 13.6. The summed E-state index contributed by atoms with van der Waals surface area (Å²) >= 11 is 1.89. The molecule has 2 nitrogen and oxygen atoms in total. The third-order valence-corrected chi connectivity index (χ3v) is 12.0. The Morgan fingerprint density at radius 1 is 0.490 bits per heavy atom. The molecule has 11 rings (SSSR count). The normalized spacial score (nSPS) is 14.3. The lowest BCUT2D eigenvalue weighted by Crippen LogP contribution is -2.32. The van der Waals surface area contributed by atoms with Crippen LogP contribution in [0.25, 0.3) is 93.0 Å². The topological polar surface area (TPSA) is 9.86 Å². The minimum absolute atomic E-state index is 0.223. The van der Waals surface area contributed by atoms with Crippen molar-refractivity contribution in [3.63, 3.8) is 0 Å². The lowest BCUT2D eigenvalue weighted by atomic mass is 9.97. The van der Waals surface area contributed by atoms with Crippen molar-refractivity contribution in [3.8, 4) is 27.9 Å². The molecule has 0 radical (unpaired) electrons. The molecule has 0 aliphatic heterocycles. The maximum Gasteiger partial charge on any atom is 0.0567 e. The van der Waals surface area contributed by atoms with Gasteiger partial charge in [0.05, 0.1) is 11.6 Å². The van der Waals surface area contributed by atoms with Gasteiger partial charge in [-0.3, -0.25) is 0 Å². The zero-order valence-corrected chi connectivity index (χ0v) is 28.6. The monoisotopic (exact) mass is 668 g/mol. The molecule has 0 fully saturated rings. The van der Waals surface area contributed by atoms with E-state index in [1.165, 1.54) is 91.4 Å². The smallest absolute Gasteiger partial charge is 0.0567 e. The van der Waals surface area contributed by atoms with E-state index in [4.69, 9.17) is 0 Å². The first-order chi connectivity index (χ1) is 25.3. The van der Waals surface area contributed by atoms with Gasteiger partial charge in [0.25, 0.3) is 0 Å². The number of nitrogens with zero attached hydrogens (tertiary/aromatic N) is 2. The lowest BCUT2D eigenvalue weighted by molar-refractivity contribution is 0.692. The quantitative estimate of drug-likeness (QED) is 0.177. The number of rotatable bonds is 4. The molecule has 0 bridgehead atoms. The van der Waals surface area contributed by atoms with Crippen LogP contribution < -0.4 is 10.6 Å². The Balaban J connectivity index is 1.05. The summed E-state index contributed by atoms with van der Waals surface area (Å²) in [6.45, 7) is 0. The molecule has 3 heterocycles. The maximum absolute atomic E-state index is 2.54. The van der Waals surface area contributed by atoms with E-state index in [1.807, 2.05) is 11.3 Å². The van der Waals surface area contributed by atoms with Crippen molar-refractivity contribution in [1.29, 1.82) is 0 Å². The molecule has 1 aliphatic rings. The first-order valence-corrected chi connectivity index (χ1v) is 18.5. The van der Waals surface area contributed by atoms with E-state index in [0.717, 1.165) is 6.42 Å². The molecule has 0 saturated heterocycles. The fourth-order valence-corrected chi connectivity index (χ4v) is 9.83. The van der Waals surface area contributed by atoms with E-state index in [-0.39, 0.29) is 6.04 Å². The predicted octanol–water partition coefficient (Wildman–Crippen LogP) is 11.6. The summed E-state index contributed by atoms with van der Waals surface area (Å²) in [4.78, 5) is 0. The number of para-hydroxylation sites is 3. The van der Waals surface area contributed by atoms with Crippen LogP contribution in [0.4, 0.5) is 0 Å². The largest absolute Gasteiger partial charge is 0.333 e. The summed E-state index contributed by atoms with van der Waals surface area (Å²) in [7, 11) is 0. The van der Waals surface area contributed by atoms with Crippen molar-refractivity contribution in [2.75, 3.05) is 0 Å². The molecule has 7 aromatic carbocycles. The molecule has 3 aromatic heterocycles. The Labute approximate surface area is 299 Å². The Morgan fingerprint density at radius 3 is 1.90 bits per heavy atom. The fourth-order valence-electron chi connectivity index (χ4n) is 8.59. The molecular weight excluding hydrogens is 637 g/mol. The zero-order valence-electron chi connectivity index (χ0n) is 27.8. The average molecular weight is 669 g/mol. The molecule has 1 atom stereocenters. The standard InChI is InChI=1S/C48H32N2S/c1-5-22-43-37(16-1)38-17-2-6-23-44(38)50(43)35-26-27-46-42(30-35)39-18-3-7-24-45(39)49(46)34-15-10-13-32(29-34)31-12-9-14-33(28-31)36-20-11-21-41-40-19-4-8-25-47(40)51-48(36)41/h1-25,27-30,35H,26H2. The zero-order chi connectivity index (χ0) is 33.5. The van der Waals surface area contributed by atoms with Crippen LogP contribution in [0.3, 0.4) is 0 Å². The third kappa shape index (κ3) is 4.35. The van der Waals surface area contributed by atoms with Gasteiger partial charge in [0.15, 0.2) is 0 Å². The third-order valence-electron chi connectivity index (χ3n) is 10.8. The minimum atomic E-state index is 0.223. The Bertz CT molecular complexity index is 3080. The summed E-state index contributed by atoms with van der Waals surface area (Å²) in [6.07, 6.45) is 5.90. The average Bonchev–Trinajstić information content (AvgIpc) is 3.86. The van der Waals surface area contributed by atoms with Gasteiger partial charge < -0.3 is 9.13 Å². The Hall–Kier alpha value is -6.16. The van der Waals surface area contributed by atoms with Crippen LogP contribution >= 0.6 is 11.3 Å². The van der Waals surface area contributed by atoms with E-state index in [1.54, 1.807) is 0 Å². The van der Waals surface area contributed by atoms with E-state index < -0.39 is 0 Å². The van der Waals surface area contributed by atoms with Gasteiger partial charge in [-0.15, -0.1) is 11.3 Å². The summed E-state index contributed by atoms with van der Waals surface area (Å²) < 4.78 is 7.69. The van der Waals surface area contributed by atoms with Crippen LogP contribution in [-0.4, -0.2) is 9.13 Å². The van der Waals surface area contributed by atoms with E-state index in [2.05, 4.69) is 185 Å². The highest BCUT2D eigenvalue weighted by atomic mass is 32.1. The highest BCUT2D eigenvalue weighted by Crippen LogP contribution is 2.41. The van der Waals surface area contributed by atoms with Gasteiger partial charge >= 0.3 is 0 Å². The molecule has 240 valence electrons. The van der Waals surface area contributed by atoms with Gasteiger partial charge in [-0.05, 0) is 71.1 Å². The number of hydrogen-bond acceptors (Lipinski definition) is 1. The van der Waals surface area contributed by atoms with Crippen LogP contribution in [0.1, 0.15) is 12.5 Å². The molecule has 0 spiro atoms. The maximum atomic E-state index is 2.54. The molecule has 1 aliphatic carbocycles. The van der Waals surface area contributed by atoms with Gasteiger partial charge in [-0.25, -0.2) is 0 Å². The number of hydrogen-bond donors (Lipinski definition) is 0. The van der Waals surface area contributed by atoms with Gasteiger partial charge in [0, 0.05) is 63.6 Å². The van der Waals surface area contributed by atoms with E-state index >= 15 is 0 Å². The number of fused-ring (bicyclic) bond motifs is 9. The van der Waals surface area contributed by atoms with Gasteiger partial charge in [0.2, 0.25) is 0 Å². The van der Waals surface area contributed by atoms with Gasteiger partial charge in [-0.1, -0.05) is 133 Å². The Morgan fingerprint density at radius 2 is 1.10 bits per heavy atom. The summed E-state index contributed by atoms with van der Waals surface area (Å²) in [5.41, 5.74) is 9.98. The number of aromatic nitrogens is 2. The van der Waals surface area contributed by atoms with Crippen molar-refractivity contribution >= 4 is 76.4 Å². The first kappa shape index (κ1) is 28.7. The highest BCUT2D eigenvalue weighted by Gasteiger charge is 2.20. The molecule has 1 unspecified atom stereocenters. The number of thiophene rings is 1. The minimum Gasteiger partial charge on any atom is -0.333 e. The van der Waals surface area contributed by atoms with Gasteiger partial charge in [0.1, 0.15) is 0 Å². The first-order valence-electron chi connectivity index (χ1n) is 17.7. The summed E-state index contributed by atoms with van der Waals surface area (Å²) in [5.74, 6) is 0. The van der Waals surface area contributed by atoms with Crippen LogP contribution in [0.15, 0.2) is 164 Å². The fraction of sp³-hybridized carbons (Fsp3) is 0.0417. The van der Waals surface area contributed by atoms with Crippen molar-refractivity contribution in [1.82, 2.24) is 9.13 Å². The lowest BCUT2D eigenvalue weighted by Gasteiger charge is -2.19. The van der Waals surface area contributed by atoms with Crippen LogP contribution in [-0.2, 0) is 0 Å². The van der Waals surface area contributed by atoms with Crippen molar-refractivity contribution in [3.05, 3.63) is 174 Å². The van der Waals surface area contributed by atoms with Crippen LogP contribution in [0.5, 0.6) is 0 Å². The predicted molar refractivity (Wildman–Crippen MR) is 218 cm³/mol. The van der Waals surface area contributed by atoms with E-state index in [0.29, 0.717) is 0 Å². The molecule has 51 heavy (non-hydrogen) atoms. The van der Waals surface area contributed by atoms with Crippen LogP contribution in [0.2, 0.25) is 0 Å². The van der Waals surface area contributed by atoms with Crippen molar-refractivity contribution < 1.29 is 0 Å². The Kier molecular flexibility index (Phi) is 6.28. The second kappa shape index (κ2) is 11.2.